The third kappa shape index (κ3) is 3.22. The standard InChI is InChI=1S/C17H19N3O2S/c1-3-4-8-18-16(21)15-11-23-17-19-14(10-20(15)17)12-6-5-7-13(9-12)22-2/h5-7,9-11H,3-4,8H2,1-2H3,(H,18,21). The van der Waals surface area contributed by atoms with Crippen molar-refractivity contribution in [3.05, 3.63) is 41.5 Å². The first-order chi connectivity index (χ1) is 11.2. The molecule has 0 aliphatic rings. The number of carbonyl (C=O) groups is 1. The monoisotopic (exact) mass is 329 g/mol. The molecule has 5 nitrogen and oxygen atoms in total. The number of ether oxygens (including phenoxy) is 1. The molecule has 0 bridgehead atoms. The average molecular weight is 329 g/mol. The van der Waals surface area contributed by atoms with Gasteiger partial charge >= 0.3 is 0 Å². The molecular weight excluding hydrogens is 310 g/mol. The highest BCUT2D eigenvalue weighted by molar-refractivity contribution is 7.15. The smallest absolute Gasteiger partial charge is 0.269 e. The highest BCUT2D eigenvalue weighted by atomic mass is 32.1. The number of nitrogens with one attached hydrogen (secondary N) is 1. The van der Waals surface area contributed by atoms with Crippen LogP contribution in [-0.4, -0.2) is 28.9 Å². The van der Waals surface area contributed by atoms with Crippen molar-refractivity contribution in [3.63, 3.8) is 0 Å². The molecule has 0 aliphatic carbocycles. The zero-order valence-electron chi connectivity index (χ0n) is 13.2. The number of fused-ring (bicyclic) bond motifs is 1. The van der Waals surface area contributed by atoms with Crippen LogP contribution in [0.4, 0.5) is 0 Å². The van der Waals surface area contributed by atoms with Crippen LogP contribution in [0.2, 0.25) is 0 Å². The first kappa shape index (κ1) is 15.6. The molecule has 0 aliphatic heterocycles. The van der Waals surface area contributed by atoms with Gasteiger partial charge in [-0.05, 0) is 18.6 Å². The number of imidazole rings is 1. The van der Waals surface area contributed by atoms with Crippen LogP contribution in [0, 0.1) is 0 Å². The third-order valence-electron chi connectivity index (χ3n) is 3.62. The predicted octanol–water partition coefficient (Wildman–Crippen LogP) is 3.60. The summed E-state index contributed by atoms with van der Waals surface area (Å²) in [6.45, 7) is 2.80. The van der Waals surface area contributed by atoms with Crippen LogP contribution in [0.3, 0.4) is 0 Å². The Balaban J connectivity index is 1.89. The van der Waals surface area contributed by atoms with E-state index in [0.29, 0.717) is 12.2 Å². The molecule has 6 heteroatoms. The Morgan fingerprint density at radius 1 is 1.43 bits per heavy atom. The van der Waals surface area contributed by atoms with Crippen LogP contribution >= 0.6 is 11.3 Å². The average Bonchev–Trinajstić information content (AvgIpc) is 3.15. The van der Waals surface area contributed by atoms with E-state index in [9.17, 15) is 4.79 Å². The van der Waals surface area contributed by atoms with E-state index in [1.165, 1.54) is 11.3 Å². The lowest BCUT2D eigenvalue weighted by molar-refractivity contribution is 0.0947. The minimum atomic E-state index is -0.0562. The largest absolute Gasteiger partial charge is 0.497 e. The van der Waals surface area contributed by atoms with Gasteiger partial charge < -0.3 is 10.1 Å². The van der Waals surface area contributed by atoms with Crippen molar-refractivity contribution in [1.29, 1.82) is 0 Å². The van der Waals surface area contributed by atoms with Gasteiger partial charge in [0.1, 0.15) is 11.4 Å². The first-order valence-electron chi connectivity index (χ1n) is 7.62. The van der Waals surface area contributed by atoms with Gasteiger partial charge in [0, 0.05) is 23.7 Å². The summed E-state index contributed by atoms with van der Waals surface area (Å²) in [5.74, 6) is 0.732. The molecule has 0 radical (unpaired) electrons. The van der Waals surface area contributed by atoms with Gasteiger partial charge in [0.2, 0.25) is 0 Å². The van der Waals surface area contributed by atoms with Gasteiger partial charge in [0.05, 0.1) is 12.8 Å². The molecule has 0 saturated carbocycles. The number of rotatable bonds is 6. The second-order valence-corrected chi connectivity index (χ2v) is 6.08. The number of nitrogens with zero attached hydrogens (tertiary/aromatic N) is 2. The van der Waals surface area contributed by atoms with Crippen molar-refractivity contribution >= 4 is 22.2 Å². The zero-order valence-corrected chi connectivity index (χ0v) is 14.0. The minimum Gasteiger partial charge on any atom is -0.497 e. The fraction of sp³-hybridized carbons (Fsp3) is 0.294. The highest BCUT2D eigenvalue weighted by Gasteiger charge is 2.15. The van der Waals surface area contributed by atoms with Crippen molar-refractivity contribution in [2.75, 3.05) is 13.7 Å². The quantitative estimate of drug-likeness (QED) is 0.703. The lowest BCUT2D eigenvalue weighted by Crippen LogP contribution is -2.25. The number of benzene rings is 1. The number of unbranched alkanes of at least 4 members (excludes halogenated alkanes) is 1. The Kier molecular flexibility index (Phi) is 4.62. The maximum Gasteiger partial charge on any atom is 0.269 e. The van der Waals surface area contributed by atoms with Gasteiger partial charge in [0.25, 0.3) is 5.91 Å². The van der Waals surface area contributed by atoms with E-state index in [1.54, 1.807) is 7.11 Å². The van der Waals surface area contributed by atoms with Crippen molar-refractivity contribution in [2.45, 2.75) is 19.8 Å². The summed E-state index contributed by atoms with van der Waals surface area (Å²) in [6, 6.07) is 7.75. The van der Waals surface area contributed by atoms with Gasteiger partial charge in [0.15, 0.2) is 4.96 Å². The molecule has 1 amide bonds. The Bertz CT molecular complexity index is 822. The molecule has 0 spiro atoms. The summed E-state index contributed by atoms with van der Waals surface area (Å²) < 4.78 is 7.10. The van der Waals surface area contributed by atoms with Gasteiger partial charge in [-0.2, -0.15) is 0 Å². The van der Waals surface area contributed by atoms with E-state index in [1.807, 2.05) is 40.2 Å². The number of thiazole rings is 1. The molecule has 0 saturated heterocycles. The van der Waals surface area contributed by atoms with E-state index < -0.39 is 0 Å². The summed E-state index contributed by atoms with van der Waals surface area (Å²) in [6.07, 6.45) is 3.94. The number of aromatic nitrogens is 2. The Morgan fingerprint density at radius 3 is 3.09 bits per heavy atom. The molecule has 2 heterocycles. The van der Waals surface area contributed by atoms with E-state index in [2.05, 4.69) is 17.2 Å². The fourth-order valence-electron chi connectivity index (χ4n) is 2.34. The Labute approximate surface area is 138 Å². The number of carbonyl (C=O) groups excluding carboxylic acids is 1. The molecule has 0 atom stereocenters. The Morgan fingerprint density at radius 2 is 2.30 bits per heavy atom. The second-order valence-electron chi connectivity index (χ2n) is 5.24. The van der Waals surface area contributed by atoms with E-state index in [4.69, 9.17) is 4.74 Å². The lowest BCUT2D eigenvalue weighted by atomic mass is 10.1. The highest BCUT2D eigenvalue weighted by Crippen LogP contribution is 2.26. The molecular formula is C17H19N3O2S. The van der Waals surface area contributed by atoms with Crippen LogP contribution in [0.1, 0.15) is 30.3 Å². The van der Waals surface area contributed by atoms with Gasteiger partial charge in [-0.25, -0.2) is 4.98 Å². The number of hydrogen-bond acceptors (Lipinski definition) is 4. The van der Waals surface area contributed by atoms with Crippen molar-refractivity contribution in [1.82, 2.24) is 14.7 Å². The molecule has 1 N–H and O–H groups in total. The molecule has 3 aromatic rings. The predicted molar refractivity (Wildman–Crippen MR) is 92.3 cm³/mol. The van der Waals surface area contributed by atoms with Crippen molar-refractivity contribution < 1.29 is 9.53 Å². The minimum absolute atomic E-state index is 0.0562. The fourth-order valence-corrected chi connectivity index (χ4v) is 3.19. The maximum absolute atomic E-state index is 12.3. The summed E-state index contributed by atoms with van der Waals surface area (Å²) >= 11 is 1.47. The summed E-state index contributed by atoms with van der Waals surface area (Å²) in [5.41, 5.74) is 2.43. The first-order valence-corrected chi connectivity index (χ1v) is 8.50. The normalized spacial score (nSPS) is 10.9. The molecule has 3 rings (SSSR count). The molecule has 0 fully saturated rings. The van der Waals surface area contributed by atoms with Crippen LogP contribution in [-0.2, 0) is 0 Å². The van der Waals surface area contributed by atoms with Crippen molar-refractivity contribution in [2.24, 2.45) is 0 Å². The molecule has 120 valence electrons. The van der Waals surface area contributed by atoms with Crippen LogP contribution in [0.15, 0.2) is 35.8 Å². The number of hydrogen-bond donors (Lipinski definition) is 1. The van der Waals surface area contributed by atoms with E-state index in [0.717, 1.165) is 34.8 Å². The van der Waals surface area contributed by atoms with Crippen LogP contribution in [0.5, 0.6) is 5.75 Å². The van der Waals surface area contributed by atoms with E-state index >= 15 is 0 Å². The molecule has 1 aromatic carbocycles. The third-order valence-corrected chi connectivity index (χ3v) is 4.46. The molecule has 0 unspecified atom stereocenters. The number of methoxy groups -OCH3 is 1. The van der Waals surface area contributed by atoms with Gasteiger partial charge in [-0.1, -0.05) is 25.5 Å². The summed E-state index contributed by atoms with van der Waals surface area (Å²) in [4.78, 5) is 17.7. The number of amides is 1. The van der Waals surface area contributed by atoms with Gasteiger partial charge in [-0.3, -0.25) is 9.20 Å². The summed E-state index contributed by atoms with van der Waals surface area (Å²) in [7, 11) is 1.64. The second kappa shape index (κ2) is 6.83. The lowest BCUT2D eigenvalue weighted by Gasteiger charge is -2.03. The topological polar surface area (TPSA) is 55.6 Å². The van der Waals surface area contributed by atoms with Crippen molar-refractivity contribution in [3.8, 4) is 17.0 Å². The molecule has 2 aromatic heterocycles. The van der Waals surface area contributed by atoms with E-state index in [-0.39, 0.29) is 5.91 Å². The van der Waals surface area contributed by atoms with Crippen LogP contribution in [0.25, 0.3) is 16.2 Å². The van der Waals surface area contributed by atoms with Crippen LogP contribution < -0.4 is 10.1 Å². The molecule has 23 heavy (non-hydrogen) atoms. The van der Waals surface area contributed by atoms with Gasteiger partial charge in [-0.15, -0.1) is 11.3 Å². The Hall–Kier alpha value is -2.34. The maximum atomic E-state index is 12.3. The SMILES string of the molecule is CCCCNC(=O)c1csc2nc(-c3cccc(OC)c3)cn12. The summed E-state index contributed by atoms with van der Waals surface area (Å²) in [5, 5.41) is 4.79. The zero-order chi connectivity index (χ0) is 16.2.